The molecular formula is C27H28N4O4. The Balaban J connectivity index is 1.66. The van der Waals surface area contributed by atoms with E-state index in [0.29, 0.717) is 17.8 Å². The monoisotopic (exact) mass is 472 g/mol. The van der Waals surface area contributed by atoms with Crippen molar-refractivity contribution in [1.82, 2.24) is 9.88 Å². The van der Waals surface area contributed by atoms with Gasteiger partial charge in [0.1, 0.15) is 24.0 Å². The standard InChI is InChI=1S/C27H28N4O4/c1-27(2,3)35-26(33)31-20(16-28)14-22-24(31)23(15-21(29-22)19-12-8-5-9-13-19)30-25(32)34-17-18-10-6-4-7-11-18/h4-14,21,23,29H,15,17H2,1-3H3,(H,30,32)/t21-,23-/m0/s1. The topological polar surface area (TPSA) is 105 Å². The first kappa shape index (κ1) is 23.9. The number of amides is 1. The fourth-order valence-electron chi connectivity index (χ4n) is 4.10. The van der Waals surface area contributed by atoms with E-state index in [1.807, 2.05) is 60.7 Å². The van der Waals surface area contributed by atoms with Crippen molar-refractivity contribution in [3.8, 4) is 6.07 Å². The summed E-state index contributed by atoms with van der Waals surface area (Å²) < 4.78 is 12.2. The second kappa shape index (κ2) is 9.94. The van der Waals surface area contributed by atoms with Gasteiger partial charge in [-0.15, -0.1) is 0 Å². The largest absolute Gasteiger partial charge is 0.445 e. The summed E-state index contributed by atoms with van der Waals surface area (Å²) in [5, 5.41) is 16.1. The van der Waals surface area contributed by atoms with Crippen LogP contribution in [0.2, 0.25) is 0 Å². The van der Waals surface area contributed by atoms with Crippen LogP contribution >= 0.6 is 0 Å². The smallest absolute Gasteiger partial charge is 0.419 e. The molecule has 4 rings (SSSR count). The Morgan fingerprint density at radius 2 is 1.77 bits per heavy atom. The van der Waals surface area contributed by atoms with Gasteiger partial charge in [-0.1, -0.05) is 60.7 Å². The highest BCUT2D eigenvalue weighted by Crippen LogP contribution is 2.41. The first-order valence-corrected chi connectivity index (χ1v) is 11.4. The number of nitrogens with zero attached hydrogens (tertiary/aromatic N) is 2. The molecule has 1 aromatic heterocycles. The molecule has 180 valence electrons. The van der Waals surface area contributed by atoms with Crippen LogP contribution < -0.4 is 10.6 Å². The lowest BCUT2D eigenvalue weighted by molar-refractivity contribution is 0.0526. The Kier molecular flexibility index (Phi) is 6.78. The summed E-state index contributed by atoms with van der Waals surface area (Å²) >= 11 is 0. The minimum absolute atomic E-state index is 0.114. The van der Waals surface area contributed by atoms with E-state index in [2.05, 4.69) is 16.7 Å². The number of alkyl carbamates (subject to hydrolysis) is 1. The predicted molar refractivity (Wildman–Crippen MR) is 131 cm³/mol. The van der Waals surface area contributed by atoms with Gasteiger partial charge in [0.2, 0.25) is 0 Å². The number of carbonyl (C=O) groups excluding carboxylic acids is 2. The van der Waals surface area contributed by atoms with Gasteiger partial charge < -0.3 is 20.1 Å². The molecule has 8 heteroatoms. The second-order valence-corrected chi connectivity index (χ2v) is 9.36. The zero-order valence-electron chi connectivity index (χ0n) is 19.9. The van der Waals surface area contributed by atoms with Crippen molar-refractivity contribution >= 4 is 17.9 Å². The average Bonchev–Trinajstić information content (AvgIpc) is 3.22. The van der Waals surface area contributed by atoms with Crippen LogP contribution in [-0.4, -0.2) is 22.4 Å². The lowest BCUT2D eigenvalue weighted by Gasteiger charge is -2.33. The third-order valence-electron chi connectivity index (χ3n) is 5.57. The van der Waals surface area contributed by atoms with Gasteiger partial charge in [0, 0.05) is 0 Å². The minimum Gasteiger partial charge on any atom is -0.445 e. The number of benzene rings is 2. The van der Waals surface area contributed by atoms with Crippen LogP contribution in [0.25, 0.3) is 0 Å². The van der Waals surface area contributed by atoms with Gasteiger partial charge in [-0.25, -0.2) is 14.2 Å². The number of nitriles is 1. The van der Waals surface area contributed by atoms with Crippen molar-refractivity contribution in [3.63, 3.8) is 0 Å². The molecular weight excluding hydrogens is 444 g/mol. The van der Waals surface area contributed by atoms with Gasteiger partial charge in [0.15, 0.2) is 0 Å². The van der Waals surface area contributed by atoms with Crippen LogP contribution in [0, 0.1) is 11.3 Å². The fourth-order valence-corrected chi connectivity index (χ4v) is 4.10. The van der Waals surface area contributed by atoms with Crippen LogP contribution in [0.4, 0.5) is 15.3 Å². The number of carbonyl (C=O) groups is 2. The Bertz CT molecular complexity index is 1240. The maximum atomic E-state index is 13.1. The molecule has 2 heterocycles. The van der Waals surface area contributed by atoms with Gasteiger partial charge in [0.05, 0.1) is 23.5 Å². The highest BCUT2D eigenvalue weighted by molar-refractivity contribution is 5.79. The van der Waals surface area contributed by atoms with Crippen molar-refractivity contribution in [3.05, 3.63) is 89.2 Å². The Hall–Kier alpha value is -4.25. The van der Waals surface area contributed by atoms with E-state index in [4.69, 9.17) is 9.47 Å². The van der Waals surface area contributed by atoms with Crippen molar-refractivity contribution in [2.24, 2.45) is 0 Å². The van der Waals surface area contributed by atoms with E-state index < -0.39 is 23.8 Å². The number of fused-ring (bicyclic) bond motifs is 1. The molecule has 0 radical (unpaired) electrons. The highest BCUT2D eigenvalue weighted by Gasteiger charge is 2.36. The van der Waals surface area contributed by atoms with Gasteiger partial charge in [-0.2, -0.15) is 5.26 Å². The molecule has 1 aliphatic heterocycles. The molecule has 0 fully saturated rings. The molecule has 2 aromatic carbocycles. The van der Waals surface area contributed by atoms with E-state index in [0.717, 1.165) is 11.1 Å². The first-order chi connectivity index (χ1) is 16.7. The first-order valence-electron chi connectivity index (χ1n) is 11.4. The fraction of sp³-hybridized carbons (Fsp3) is 0.296. The summed E-state index contributed by atoms with van der Waals surface area (Å²) in [5.41, 5.74) is 2.29. The molecule has 0 saturated carbocycles. The van der Waals surface area contributed by atoms with Crippen LogP contribution in [0.15, 0.2) is 66.7 Å². The predicted octanol–water partition coefficient (Wildman–Crippen LogP) is 5.67. The van der Waals surface area contributed by atoms with Crippen LogP contribution in [-0.2, 0) is 16.1 Å². The molecule has 0 unspecified atom stereocenters. The second-order valence-electron chi connectivity index (χ2n) is 9.36. The van der Waals surface area contributed by atoms with Crippen LogP contribution in [0.1, 0.15) is 61.8 Å². The Morgan fingerprint density at radius 1 is 1.11 bits per heavy atom. The average molecular weight is 473 g/mol. The number of hydrogen-bond donors (Lipinski definition) is 2. The molecule has 8 nitrogen and oxygen atoms in total. The summed E-state index contributed by atoms with van der Waals surface area (Å²) in [6.07, 6.45) is -0.858. The summed E-state index contributed by atoms with van der Waals surface area (Å²) in [6.45, 7) is 5.39. The van der Waals surface area contributed by atoms with Gasteiger partial charge >= 0.3 is 12.2 Å². The molecule has 1 aliphatic rings. The summed E-state index contributed by atoms with van der Waals surface area (Å²) in [4.78, 5) is 25.9. The number of rotatable bonds is 4. The molecule has 1 amide bonds. The lowest BCUT2D eigenvalue weighted by atomic mass is 9.93. The third kappa shape index (κ3) is 5.64. The van der Waals surface area contributed by atoms with E-state index in [9.17, 15) is 14.9 Å². The highest BCUT2D eigenvalue weighted by atomic mass is 16.6. The van der Waals surface area contributed by atoms with E-state index >= 15 is 0 Å². The van der Waals surface area contributed by atoms with Crippen molar-refractivity contribution in [1.29, 1.82) is 5.26 Å². The molecule has 0 aliphatic carbocycles. The molecule has 3 aromatic rings. The van der Waals surface area contributed by atoms with Crippen LogP contribution in [0.5, 0.6) is 0 Å². The quantitative estimate of drug-likeness (QED) is 0.507. The van der Waals surface area contributed by atoms with Crippen molar-refractivity contribution < 1.29 is 19.1 Å². The molecule has 0 saturated heterocycles. The zero-order valence-corrected chi connectivity index (χ0v) is 19.9. The molecule has 0 spiro atoms. The normalized spacial score (nSPS) is 16.9. The van der Waals surface area contributed by atoms with Gasteiger partial charge in [0.25, 0.3) is 0 Å². The molecule has 35 heavy (non-hydrogen) atoms. The minimum atomic E-state index is -0.757. The lowest BCUT2D eigenvalue weighted by Crippen LogP contribution is -2.37. The SMILES string of the molecule is CC(C)(C)OC(=O)n1c(C#N)cc2c1[C@@H](NC(=O)OCc1ccccc1)C[C@@H](c1ccccc1)N2. The Labute approximate surface area is 204 Å². The molecule has 2 N–H and O–H groups in total. The number of anilines is 1. The summed E-state index contributed by atoms with van der Waals surface area (Å²) in [5.74, 6) is 0. The maximum absolute atomic E-state index is 13.1. The van der Waals surface area contributed by atoms with Gasteiger partial charge in [-0.3, -0.25) is 0 Å². The summed E-state index contributed by atoms with van der Waals surface area (Å²) in [7, 11) is 0. The molecule has 0 bridgehead atoms. The van der Waals surface area contributed by atoms with Crippen LogP contribution in [0.3, 0.4) is 0 Å². The zero-order chi connectivity index (χ0) is 25.0. The van der Waals surface area contributed by atoms with Crippen molar-refractivity contribution in [2.75, 3.05) is 5.32 Å². The van der Waals surface area contributed by atoms with Crippen molar-refractivity contribution in [2.45, 2.75) is 51.5 Å². The Morgan fingerprint density at radius 3 is 2.40 bits per heavy atom. The third-order valence-corrected chi connectivity index (χ3v) is 5.57. The number of hydrogen-bond acceptors (Lipinski definition) is 6. The number of aromatic nitrogens is 1. The number of nitrogens with one attached hydrogen (secondary N) is 2. The summed E-state index contributed by atoms with van der Waals surface area (Å²) in [6, 6.07) is 22.1. The number of ether oxygens (including phenoxy) is 2. The van der Waals surface area contributed by atoms with E-state index in [1.54, 1.807) is 26.8 Å². The van der Waals surface area contributed by atoms with E-state index in [1.165, 1.54) is 4.57 Å². The maximum Gasteiger partial charge on any atom is 0.419 e. The van der Waals surface area contributed by atoms with Gasteiger partial charge in [-0.05, 0) is 44.4 Å². The molecule has 2 atom stereocenters. The van der Waals surface area contributed by atoms with E-state index in [-0.39, 0.29) is 18.3 Å².